The van der Waals surface area contributed by atoms with Crippen LogP contribution in [-0.4, -0.2) is 78.0 Å². The number of ether oxygens (including phenoxy) is 1. The van der Waals surface area contributed by atoms with Crippen LogP contribution in [0.3, 0.4) is 0 Å². The quantitative estimate of drug-likeness (QED) is 0.472. The third-order valence-corrected chi connectivity index (χ3v) is 6.61. The number of hydrogen-bond acceptors (Lipinski definition) is 7. The van der Waals surface area contributed by atoms with Crippen molar-refractivity contribution >= 4 is 33.1 Å². The van der Waals surface area contributed by atoms with E-state index in [4.69, 9.17) is 9.72 Å². The van der Waals surface area contributed by atoms with Gasteiger partial charge < -0.3 is 19.9 Å². The maximum absolute atomic E-state index is 5.44. The SMILES string of the molecule is C[NH+]1CCc2c(sc3c2c(NCC[NH+]2CCOCC2)nc2nnnn23)C1. The van der Waals surface area contributed by atoms with Crippen molar-refractivity contribution in [3.05, 3.63) is 10.4 Å². The molecule has 2 aliphatic heterocycles. The van der Waals surface area contributed by atoms with Gasteiger partial charge in [-0.1, -0.05) is 5.10 Å². The van der Waals surface area contributed by atoms with Crippen LogP contribution in [-0.2, 0) is 17.7 Å². The molecule has 3 N–H and O–H groups in total. The third-order valence-electron chi connectivity index (χ3n) is 5.40. The number of likely N-dealkylation sites (N-methyl/N-ethyl adjacent to an activating group) is 1. The van der Waals surface area contributed by atoms with Crippen LogP contribution in [0.4, 0.5) is 5.82 Å². The first-order chi connectivity index (χ1) is 12.8. The highest BCUT2D eigenvalue weighted by molar-refractivity contribution is 7.19. The van der Waals surface area contributed by atoms with Crippen molar-refractivity contribution in [2.45, 2.75) is 13.0 Å². The summed E-state index contributed by atoms with van der Waals surface area (Å²) >= 11 is 1.81. The number of tetrazole rings is 1. The molecule has 0 aromatic carbocycles. The molecule has 0 saturated carbocycles. The molecule has 9 nitrogen and oxygen atoms in total. The van der Waals surface area contributed by atoms with Gasteiger partial charge in [-0.25, -0.2) is 0 Å². The minimum atomic E-state index is 0.568. The van der Waals surface area contributed by atoms with Crippen LogP contribution in [0.2, 0.25) is 0 Å². The van der Waals surface area contributed by atoms with Crippen LogP contribution in [0.5, 0.6) is 0 Å². The van der Waals surface area contributed by atoms with Crippen molar-refractivity contribution < 1.29 is 14.5 Å². The van der Waals surface area contributed by atoms with Gasteiger partial charge in [0.15, 0.2) is 0 Å². The summed E-state index contributed by atoms with van der Waals surface area (Å²) in [5.74, 6) is 1.50. The topological polar surface area (TPSA) is 86.1 Å². The zero-order valence-corrected chi connectivity index (χ0v) is 15.7. The fourth-order valence-corrected chi connectivity index (χ4v) is 5.34. The highest BCUT2D eigenvalue weighted by atomic mass is 32.1. The molecule has 2 aliphatic rings. The second kappa shape index (κ2) is 6.69. The first-order valence-corrected chi connectivity index (χ1v) is 10.1. The minimum Gasteiger partial charge on any atom is -0.370 e. The van der Waals surface area contributed by atoms with Crippen molar-refractivity contribution in [3.8, 4) is 0 Å². The van der Waals surface area contributed by atoms with Crippen molar-refractivity contribution in [1.82, 2.24) is 25.0 Å². The van der Waals surface area contributed by atoms with E-state index in [1.807, 2.05) is 11.3 Å². The first-order valence-electron chi connectivity index (χ1n) is 9.28. The first kappa shape index (κ1) is 16.3. The predicted octanol–water partition coefficient (Wildman–Crippen LogP) is -2.37. The van der Waals surface area contributed by atoms with Gasteiger partial charge in [0.05, 0.1) is 50.2 Å². The number of nitrogens with zero attached hydrogens (tertiary/aromatic N) is 5. The molecule has 3 aromatic rings. The van der Waals surface area contributed by atoms with Gasteiger partial charge in [0, 0.05) is 6.42 Å². The van der Waals surface area contributed by atoms with Crippen LogP contribution in [0, 0.1) is 0 Å². The standard InChI is InChI=1S/C16H22N8OS/c1-22-4-2-11-12(10-22)26-15-13(11)14(18-16-19-20-21-24(15)16)17-3-5-23-6-8-25-9-7-23/h2-10H2,1H3,(H,17,18,19,21)/p+2. The normalized spacial score (nSPS) is 21.3. The van der Waals surface area contributed by atoms with E-state index in [0.717, 1.165) is 69.6 Å². The Labute approximate surface area is 154 Å². The van der Waals surface area contributed by atoms with Crippen LogP contribution in [0.25, 0.3) is 16.0 Å². The Bertz CT molecular complexity index is 931. The maximum atomic E-state index is 5.44. The lowest BCUT2D eigenvalue weighted by molar-refractivity contribution is -0.906. The molecule has 0 radical (unpaired) electrons. The number of fused-ring (bicyclic) bond motifs is 5. The number of thiophene rings is 1. The Hall–Kier alpha value is -1.88. The van der Waals surface area contributed by atoms with Gasteiger partial charge >= 0.3 is 0 Å². The molecule has 0 aliphatic carbocycles. The Morgan fingerprint density at radius 2 is 2.15 bits per heavy atom. The van der Waals surface area contributed by atoms with Crippen LogP contribution in [0.1, 0.15) is 10.4 Å². The van der Waals surface area contributed by atoms with Crippen molar-refractivity contribution in [3.63, 3.8) is 0 Å². The van der Waals surface area contributed by atoms with Gasteiger partial charge in [0.2, 0.25) is 0 Å². The monoisotopic (exact) mass is 376 g/mol. The van der Waals surface area contributed by atoms with E-state index < -0.39 is 0 Å². The number of anilines is 1. The average molecular weight is 376 g/mol. The van der Waals surface area contributed by atoms with Gasteiger partial charge in [-0.05, 0) is 16.0 Å². The molecule has 0 spiro atoms. The summed E-state index contributed by atoms with van der Waals surface area (Å²) in [7, 11) is 2.25. The van der Waals surface area contributed by atoms with Crippen molar-refractivity contribution in [2.75, 3.05) is 58.3 Å². The van der Waals surface area contributed by atoms with Crippen molar-refractivity contribution in [1.29, 1.82) is 0 Å². The molecule has 5 rings (SSSR count). The van der Waals surface area contributed by atoms with Gasteiger partial charge in [0.1, 0.15) is 30.3 Å². The van der Waals surface area contributed by atoms with Crippen molar-refractivity contribution in [2.24, 2.45) is 0 Å². The number of nitrogens with one attached hydrogen (secondary N) is 3. The number of rotatable bonds is 4. The molecule has 10 heteroatoms. The zero-order valence-electron chi connectivity index (χ0n) is 14.9. The zero-order chi connectivity index (χ0) is 17.5. The smallest absolute Gasteiger partial charge is 0.276 e. The molecule has 1 unspecified atom stereocenters. The Balaban J connectivity index is 1.48. The summed E-state index contributed by atoms with van der Waals surface area (Å²) in [5, 5.41) is 16.9. The van der Waals surface area contributed by atoms with Gasteiger partial charge in [0.25, 0.3) is 5.78 Å². The number of quaternary nitrogens is 2. The van der Waals surface area contributed by atoms with Crippen LogP contribution >= 0.6 is 11.3 Å². The minimum absolute atomic E-state index is 0.568. The Kier molecular flexibility index (Phi) is 4.20. The summed E-state index contributed by atoms with van der Waals surface area (Å²) in [6, 6.07) is 0. The van der Waals surface area contributed by atoms with Crippen LogP contribution in [0.15, 0.2) is 0 Å². The van der Waals surface area contributed by atoms with E-state index in [1.54, 1.807) is 14.3 Å². The fourth-order valence-electron chi connectivity index (χ4n) is 3.93. The van der Waals surface area contributed by atoms with E-state index in [2.05, 4.69) is 27.9 Å². The maximum Gasteiger partial charge on any atom is 0.276 e. The van der Waals surface area contributed by atoms with Gasteiger partial charge in [-0.15, -0.1) is 11.3 Å². The number of hydrogen-bond donors (Lipinski definition) is 3. The highest BCUT2D eigenvalue weighted by Gasteiger charge is 2.26. The lowest BCUT2D eigenvalue weighted by Crippen LogP contribution is -3.14. The fraction of sp³-hybridized carbons (Fsp3) is 0.625. The molecular formula is C16H24N8OS+2. The molecule has 3 aromatic heterocycles. The van der Waals surface area contributed by atoms with E-state index in [9.17, 15) is 0 Å². The molecule has 26 heavy (non-hydrogen) atoms. The Morgan fingerprint density at radius 3 is 3.04 bits per heavy atom. The lowest BCUT2D eigenvalue weighted by atomic mass is 10.1. The van der Waals surface area contributed by atoms with Gasteiger partial charge in [-0.3, -0.25) is 0 Å². The molecule has 1 fully saturated rings. The van der Waals surface area contributed by atoms with Crippen LogP contribution < -0.4 is 15.1 Å². The van der Waals surface area contributed by atoms with Gasteiger partial charge in [-0.2, -0.15) is 9.50 Å². The van der Waals surface area contributed by atoms with E-state index in [-0.39, 0.29) is 0 Å². The number of aromatic nitrogens is 5. The molecule has 0 bridgehead atoms. The summed E-state index contributed by atoms with van der Waals surface area (Å²) < 4.78 is 7.23. The number of morpholine rings is 1. The largest absolute Gasteiger partial charge is 0.370 e. The van der Waals surface area contributed by atoms with E-state index >= 15 is 0 Å². The molecule has 138 valence electrons. The predicted molar refractivity (Wildman–Crippen MR) is 98.0 cm³/mol. The lowest BCUT2D eigenvalue weighted by Gasteiger charge is -2.24. The molecule has 0 amide bonds. The molecule has 5 heterocycles. The summed E-state index contributed by atoms with van der Waals surface area (Å²) in [6.45, 7) is 8.08. The second-order valence-electron chi connectivity index (χ2n) is 7.21. The molecule has 1 saturated heterocycles. The summed E-state index contributed by atoms with van der Waals surface area (Å²) in [6.07, 6.45) is 1.08. The molecule has 1 atom stereocenters. The molecular weight excluding hydrogens is 352 g/mol. The second-order valence-corrected chi connectivity index (χ2v) is 8.29. The summed E-state index contributed by atoms with van der Waals surface area (Å²) in [5.41, 5.74) is 1.43. The average Bonchev–Trinajstić information content (AvgIpc) is 3.26. The van der Waals surface area contributed by atoms with E-state index in [0.29, 0.717) is 5.78 Å². The van der Waals surface area contributed by atoms with E-state index in [1.165, 1.54) is 15.8 Å². The third kappa shape index (κ3) is 2.82. The summed E-state index contributed by atoms with van der Waals surface area (Å²) in [4.78, 5) is 10.4. The Morgan fingerprint density at radius 1 is 1.27 bits per heavy atom. The highest BCUT2D eigenvalue weighted by Crippen LogP contribution is 2.36.